The van der Waals surface area contributed by atoms with Gasteiger partial charge in [-0.3, -0.25) is 9.69 Å². The van der Waals surface area contributed by atoms with Crippen molar-refractivity contribution in [1.29, 1.82) is 0 Å². The van der Waals surface area contributed by atoms with Crippen molar-refractivity contribution in [3.8, 4) is 0 Å². The van der Waals surface area contributed by atoms with E-state index in [2.05, 4.69) is 11.5 Å². The van der Waals surface area contributed by atoms with Crippen LogP contribution < -0.4 is 0 Å². The molecule has 2 heteroatoms. The molecule has 0 radical (unpaired) electrons. The Morgan fingerprint density at radius 3 is 3.17 bits per heavy atom. The van der Waals surface area contributed by atoms with Gasteiger partial charge in [-0.25, -0.2) is 0 Å². The first-order valence-corrected chi connectivity index (χ1v) is 4.27. The lowest BCUT2D eigenvalue weighted by molar-refractivity contribution is -0.113. The maximum absolute atomic E-state index is 11.0. The third-order valence-corrected chi connectivity index (χ3v) is 2.07. The Balaban J connectivity index is 2.53. The molecule has 0 aromatic rings. The van der Waals surface area contributed by atoms with E-state index in [4.69, 9.17) is 0 Å². The predicted molar refractivity (Wildman–Crippen MR) is 50.0 cm³/mol. The molecule has 2 nitrogen and oxygen atoms in total. The highest BCUT2D eigenvalue weighted by atomic mass is 16.1. The van der Waals surface area contributed by atoms with Crippen LogP contribution in [0.5, 0.6) is 0 Å². The van der Waals surface area contributed by atoms with Crippen molar-refractivity contribution >= 4 is 5.78 Å². The quantitative estimate of drug-likeness (QED) is 0.589. The van der Waals surface area contributed by atoms with Gasteiger partial charge < -0.3 is 0 Å². The molecule has 0 N–H and O–H groups in total. The number of nitrogens with zero attached hydrogens (tertiary/aromatic N) is 1. The highest BCUT2D eigenvalue weighted by Crippen LogP contribution is 2.09. The second-order valence-corrected chi connectivity index (χ2v) is 3.10. The summed E-state index contributed by atoms with van der Waals surface area (Å²) < 4.78 is 0. The van der Waals surface area contributed by atoms with Crippen molar-refractivity contribution in [2.75, 3.05) is 19.6 Å². The maximum atomic E-state index is 11.0. The molecular formula is C10H15NO. The molecule has 12 heavy (non-hydrogen) atoms. The highest BCUT2D eigenvalue weighted by molar-refractivity contribution is 5.93. The molecule has 0 saturated heterocycles. The van der Waals surface area contributed by atoms with Crippen LogP contribution in [-0.4, -0.2) is 30.3 Å². The van der Waals surface area contributed by atoms with Gasteiger partial charge in [-0.05, 0) is 13.3 Å². The lowest BCUT2D eigenvalue weighted by Gasteiger charge is -2.24. The van der Waals surface area contributed by atoms with E-state index in [9.17, 15) is 4.79 Å². The van der Waals surface area contributed by atoms with E-state index in [1.807, 2.05) is 12.2 Å². The average molecular weight is 165 g/mol. The molecule has 0 spiro atoms. The minimum absolute atomic E-state index is 0.198. The molecule has 0 fully saturated rings. The van der Waals surface area contributed by atoms with Crippen LogP contribution in [0, 0.1) is 0 Å². The second kappa shape index (κ2) is 4.21. The molecule has 0 aromatic heterocycles. The third-order valence-electron chi connectivity index (χ3n) is 2.07. The van der Waals surface area contributed by atoms with Crippen LogP contribution in [-0.2, 0) is 4.79 Å². The van der Waals surface area contributed by atoms with Crippen LogP contribution >= 0.6 is 0 Å². The summed E-state index contributed by atoms with van der Waals surface area (Å²) in [5.74, 6) is 0.198. The summed E-state index contributed by atoms with van der Waals surface area (Å²) >= 11 is 0. The Kier molecular flexibility index (Phi) is 3.23. The molecule has 0 atom stereocenters. The largest absolute Gasteiger partial charge is 0.295 e. The van der Waals surface area contributed by atoms with Gasteiger partial charge in [-0.15, -0.1) is 6.58 Å². The molecule has 0 aliphatic carbocycles. The average Bonchev–Trinajstić information content (AvgIpc) is 2.05. The van der Waals surface area contributed by atoms with E-state index in [1.54, 1.807) is 6.92 Å². The second-order valence-electron chi connectivity index (χ2n) is 3.10. The van der Waals surface area contributed by atoms with E-state index in [1.165, 1.54) is 0 Å². The van der Waals surface area contributed by atoms with Crippen molar-refractivity contribution in [2.45, 2.75) is 13.3 Å². The van der Waals surface area contributed by atoms with Crippen molar-refractivity contribution in [1.82, 2.24) is 4.90 Å². The Morgan fingerprint density at radius 2 is 2.58 bits per heavy atom. The fraction of sp³-hybridized carbons (Fsp3) is 0.500. The van der Waals surface area contributed by atoms with E-state index in [-0.39, 0.29) is 5.78 Å². The summed E-state index contributed by atoms with van der Waals surface area (Å²) in [5, 5.41) is 0. The van der Waals surface area contributed by atoms with Crippen molar-refractivity contribution in [3.63, 3.8) is 0 Å². The zero-order valence-corrected chi connectivity index (χ0v) is 7.55. The van der Waals surface area contributed by atoms with Gasteiger partial charge in [0.1, 0.15) is 0 Å². The summed E-state index contributed by atoms with van der Waals surface area (Å²) in [7, 11) is 0. The van der Waals surface area contributed by atoms with Crippen LogP contribution in [0.2, 0.25) is 0 Å². The third kappa shape index (κ3) is 2.31. The normalized spacial score (nSPS) is 18.6. The fourth-order valence-electron chi connectivity index (χ4n) is 1.40. The minimum atomic E-state index is 0.198. The summed E-state index contributed by atoms with van der Waals surface area (Å²) in [6.07, 6.45) is 4.91. The lowest BCUT2D eigenvalue weighted by Crippen LogP contribution is -2.31. The smallest absolute Gasteiger partial charge is 0.156 e. The summed E-state index contributed by atoms with van der Waals surface area (Å²) in [5.41, 5.74) is 0.947. The van der Waals surface area contributed by atoms with Gasteiger partial charge in [-0.1, -0.05) is 12.2 Å². The van der Waals surface area contributed by atoms with Crippen molar-refractivity contribution in [2.24, 2.45) is 0 Å². The van der Waals surface area contributed by atoms with Crippen LogP contribution in [0.3, 0.4) is 0 Å². The molecule has 1 aliphatic heterocycles. The monoisotopic (exact) mass is 165 g/mol. The highest BCUT2D eigenvalue weighted by Gasteiger charge is 2.13. The molecule has 1 heterocycles. The van der Waals surface area contributed by atoms with Crippen LogP contribution in [0.25, 0.3) is 0 Å². The van der Waals surface area contributed by atoms with Gasteiger partial charge >= 0.3 is 0 Å². The molecule has 66 valence electrons. The number of ketones is 1. The SMILES string of the molecule is C=CCN1CCC=C(C(C)=O)C1. The summed E-state index contributed by atoms with van der Waals surface area (Å²) in [6, 6.07) is 0. The van der Waals surface area contributed by atoms with E-state index >= 15 is 0 Å². The first-order valence-electron chi connectivity index (χ1n) is 4.27. The molecule has 1 rings (SSSR count). The van der Waals surface area contributed by atoms with Gasteiger partial charge in [0.25, 0.3) is 0 Å². The molecule has 0 unspecified atom stereocenters. The zero-order chi connectivity index (χ0) is 8.97. The van der Waals surface area contributed by atoms with Gasteiger partial charge in [0.05, 0.1) is 0 Å². The van der Waals surface area contributed by atoms with Gasteiger partial charge in [-0.2, -0.15) is 0 Å². The molecule has 0 amide bonds. The molecular weight excluding hydrogens is 150 g/mol. The summed E-state index contributed by atoms with van der Waals surface area (Å²) in [6.45, 7) is 8.02. The Bertz CT molecular complexity index is 218. The zero-order valence-electron chi connectivity index (χ0n) is 7.55. The minimum Gasteiger partial charge on any atom is -0.295 e. The number of hydrogen-bond donors (Lipinski definition) is 0. The molecule has 0 bridgehead atoms. The number of rotatable bonds is 3. The topological polar surface area (TPSA) is 20.3 Å². The summed E-state index contributed by atoms with van der Waals surface area (Å²) in [4.78, 5) is 13.3. The van der Waals surface area contributed by atoms with Gasteiger partial charge in [0.2, 0.25) is 0 Å². The van der Waals surface area contributed by atoms with Crippen LogP contribution in [0.15, 0.2) is 24.3 Å². The number of hydrogen-bond acceptors (Lipinski definition) is 2. The van der Waals surface area contributed by atoms with E-state index < -0.39 is 0 Å². The molecule has 0 aromatic carbocycles. The predicted octanol–water partition coefficient (Wildman–Crippen LogP) is 1.39. The van der Waals surface area contributed by atoms with Gasteiger partial charge in [0.15, 0.2) is 5.78 Å². The van der Waals surface area contributed by atoms with E-state index in [0.717, 1.165) is 31.6 Å². The number of carbonyl (C=O) groups excluding carboxylic acids is 1. The van der Waals surface area contributed by atoms with Crippen LogP contribution in [0.4, 0.5) is 0 Å². The molecule has 0 saturated carbocycles. The fourth-order valence-corrected chi connectivity index (χ4v) is 1.40. The van der Waals surface area contributed by atoms with Crippen molar-refractivity contribution in [3.05, 3.63) is 24.3 Å². The molecule has 1 aliphatic rings. The first-order chi connectivity index (χ1) is 5.74. The lowest BCUT2D eigenvalue weighted by atomic mass is 10.1. The maximum Gasteiger partial charge on any atom is 0.156 e. The van der Waals surface area contributed by atoms with Crippen molar-refractivity contribution < 1.29 is 4.79 Å². The first kappa shape index (κ1) is 9.20. The number of carbonyl (C=O) groups is 1. The van der Waals surface area contributed by atoms with E-state index in [0.29, 0.717) is 0 Å². The Morgan fingerprint density at radius 1 is 1.83 bits per heavy atom. The van der Waals surface area contributed by atoms with Gasteiger partial charge in [0, 0.05) is 25.2 Å². The number of Topliss-reactive ketones (excluding diaryl/α,β-unsaturated/α-hetero) is 1. The van der Waals surface area contributed by atoms with Crippen LogP contribution in [0.1, 0.15) is 13.3 Å². The Hall–Kier alpha value is -0.890. The Labute approximate surface area is 73.6 Å². The standard InChI is InChI=1S/C10H15NO/c1-3-6-11-7-4-5-10(8-11)9(2)12/h3,5H,1,4,6-8H2,2H3.